The Morgan fingerprint density at radius 3 is 2.85 bits per heavy atom. The summed E-state index contributed by atoms with van der Waals surface area (Å²) in [6, 6.07) is 9.56. The summed E-state index contributed by atoms with van der Waals surface area (Å²) < 4.78 is 12.7. The van der Waals surface area contributed by atoms with Gasteiger partial charge in [-0.2, -0.15) is 4.52 Å². The first-order chi connectivity index (χ1) is 12.8. The van der Waals surface area contributed by atoms with Crippen LogP contribution in [0.4, 0.5) is 0 Å². The highest BCUT2D eigenvalue weighted by molar-refractivity contribution is 5.96. The Balaban J connectivity index is 1.69. The number of aromatic nitrogens is 7. The second kappa shape index (κ2) is 5.66. The fourth-order valence-electron chi connectivity index (χ4n) is 2.80. The summed E-state index contributed by atoms with van der Waals surface area (Å²) in [5.41, 5.74) is 1.98. The van der Waals surface area contributed by atoms with Gasteiger partial charge in [0.1, 0.15) is 12.4 Å². The van der Waals surface area contributed by atoms with Crippen molar-refractivity contribution in [3.63, 3.8) is 0 Å². The number of hydrogen-bond donors (Lipinski definition) is 1. The van der Waals surface area contributed by atoms with Gasteiger partial charge in [0.15, 0.2) is 11.3 Å². The zero-order valence-corrected chi connectivity index (χ0v) is 13.7. The number of H-pyrrole nitrogens is 1. The van der Waals surface area contributed by atoms with Crippen molar-refractivity contribution in [2.45, 2.75) is 13.5 Å². The van der Waals surface area contributed by atoms with E-state index in [9.17, 15) is 0 Å². The predicted molar refractivity (Wildman–Crippen MR) is 91.4 cm³/mol. The molecule has 0 saturated carbocycles. The number of imidazole rings is 1. The molecule has 4 heterocycles. The van der Waals surface area contributed by atoms with Crippen molar-refractivity contribution in [2.24, 2.45) is 0 Å². The van der Waals surface area contributed by atoms with Gasteiger partial charge in [0.05, 0.1) is 12.0 Å². The second-order valence-electron chi connectivity index (χ2n) is 5.78. The molecule has 0 aliphatic rings. The number of aryl methyl sites for hydroxylation is 1. The molecule has 0 spiro atoms. The molecule has 4 aromatic heterocycles. The molecule has 0 fully saturated rings. The lowest BCUT2D eigenvalue weighted by Crippen LogP contribution is -2.03. The second-order valence-corrected chi connectivity index (χ2v) is 5.78. The van der Waals surface area contributed by atoms with Crippen LogP contribution in [0.15, 0.2) is 47.4 Å². The zero-order chi connectivity index (χ0) is 17.5. The molecule has 0 unspecified atom stereocenters. The van der Waals surface area contributed by atoms with Crippen molar-refractivity contribution in [1.82, 2.24) is 34.9 Å². The summed E-state index contributed by atoms with van der Waals surface area (Å²) >= 11 is 0. The SMILES string of the molecule is Cc1cc(-c2nnc3c4ccccc4c(OCc4c[nH]cn4)nn23)no1. The third-order valence-electron chi connectivity index (χ3n) is 4.00. The van der Waals surface area contributed by atoms with Crippen molar-refractivity contribution < 1.29 is 9.26 Å². The highest BCUT2D eigenvalue weighted by Gasteiger charge is 2.18. The van der Waals surface area contributed by atoms with Crippen LogP contribution < -0.4 is 4.74 Å². The largest absolute Gasteiger partial charge is 0.470 e. The number of nitrogens with one attached hydrogen (secondary N) is 1. The highest BCUT2D eigenvalue weighted by atomic mass is 16.5. The van der Waals surface area contributed by atoms with Gasteiger partial charge < -0.3 is 14.2 Å². The molecule has 0 amide bonds. The van der Waals surface area contributed by atoms with Gasteiger partial charge in [-0.25, -0.2) is 4.98 Å². The zero-order valence-electron chi connectivity index (χ0n) is 13.7. The van der Waals surface area contributed by atoms with Crippen LogP contribution in [-0.4, -0.2) is 34.9 Å². The van der Waals surface area contributed by atoms with Gasteiger partial charge in [-0.05, 0) is 13.0 Å². The van der Waals surface area contributed by atoms with Gasteiger partial charge in [0.2, 0.25) is 11.7 Å². The van der Waals surface area contributed by atoms with Crippen LogP contribution in [0.3, 0.4) is 0 Å². The van der Waals surface area contributed by atoms with Gasteiger partial charge >= 0.3 is 0 Å². The average molecular weight is 347 g/mol. The molecule has 0 aliphatic carbocycles. The van der Waals surface area contributed by atoms with Crippen LogP contribution in [0.25, 0.3) is 27.9 Å². The average Bonchev–Trinajstić information content (AvgIpc) is 3.40. The van der Waals surface area contributed by atoms with Gasteiger partial charge in [-0.3, -0.25) is 0 Å². The molecule has 0 saturated heterocycles. The predicted octanol–water partition coefficient (Wildman–Crippen LogP) is 2.54. The molecule has 128 valence electrons. The van der Waals surface area contributed by atoms with Gasteiger partial charge in [-0.15, -0.1) is 15.3 Å². The Morgan fingerprint density at radius 2 is 2.08 bits per heavy atom. The Hall–Kier alpha value is -3.75. The summed E-state index contributed by atoms with van der Waals surface area (Å²) in [7, 11) is 0. The third-order valence-corrected chi connectivity index (χ3v) is 4.00. The smallest absolute Gasteiger partial charge is 0.240 e. The van der Waals surface area contributed by atoms with Crippen LogP contribution in [-0.2, 0) is 6.61 Å². The first-order valence-corrected chi connectivity index (χ1v) is 7.98. The van der Waals surface area contributed by atoms with Crippen molar-refractivity contribution in [3.05, 3.63) is 54.3 Å². The number of rotatable bonds is 4. The topological polar surface area (TPSA) is 107 Å². The Morgan fingerprint density at radius 1 is 1.19 bits per heavy atom. The summed E-state index contributed by atoms with van der Waals surface area (Å²) in [6.45, 7) is 2.12. The first-order valence-electron chi connectivity index (χ1n) is 7.98. The number of hydrogen-bond acceptors (Lipinski definition) is 7. The standard InChI is InChI=1S/C17H13N7O2/c1-10-6-14(23-26-10)16-21-20-15-12-4-2-3-5-13(12)17(22-24(15)16)25-8-11-7-18-9-19-11/h2-7,9H,8H2,1H3,(H,18,19). The van der Waals surface area contributed by atoms with E-state index >= 15 is 0 Å². The Kier molecular flexibility index (Phi) is 3.17. The lowest BCUT2D eigenvalue weighted by atomic mass is 10.2. The van der Waals surface area contributed by atoms with E-state index in [1.54, 1.807) is 23.1 Å². The molecule has 0 radical (unpaired) electrons. The van der Waals surface area contributed by atoms with E-state index in [1.165, 1.54) is 0 Å². The van der Waals surface area contributed by atoms with E-state index in [2.05, 4.69) is 30.4 Å². The van der Waals surface area contributed by atoms with Crippen LogP contribution in [0.5, 0.6) is 5.88 Å². The van der Waals surface area contributed by atoms with Crippen LogP contribution in [0.2, 0.25) is 0 Å². The van der Waals surface area contributed by atoms with E-state index in [-0.39, 0.29) is 0 Å². The van der Waals surface area contributed by atoms with E-state index in [4.69, 9.17) is 9.26 Å². The lowest BCUT2D eigenvalue weighted by Gasteiger charge is -2.08. The van der Waals surface area contributed by atoms with Gasteiger partial charge in [0, 0.05) is 23.0 Å². The van der Waals surface area contributed by atoms with Gasteiger partial charge in [-0.1, -0.05) is 23.4 Å². The van der Waals surface area contributed by atoms with E-state index in [0.717, 1.165) is 16.5 Å². The molecule has 0 atom stereocenters. The minimum absolute atomic E-state index is 0.298. The normalized spacial score (nSPS) is 11.4. The monoisotopic (exact) mass is 347 g/mol. The highest BCUT2D eigenvalue weighted by Crippen LogP contribution is 2.28. The first kappa shape index (κ1) is 14.6. The van der Waals surface area contributed by atoms with Crippen molar-refractivity contribution in [1.29, 1.82) is 0 Å². The number of aromatic amines is 1. The molecule has 5 aromatic rings. The van der Waals surface area contributed by atoms with E-state index in [1.807, 2.05) is 31.2 Å². The van der Waals surface area contributed by atoms with Crippen LogP contribution in [0.1, 0.15) is 11.5 Å². The summed E-state index contributed by atoms with van der Waals surface area (Å²) in [5, 5.41) is 18.9. The molecule has 9 heteroatoms. The maximum absolute atomic E-state index is 5.92. The molecule has 26 heavy (non-hydrogen) atoms. The molecule has 5 rings (SSSR count). The quantitative estimate of drug-likeness (QED) is 0.532. The molecular formula is C17H13N7O2. The third kappa shape index (κ3) is 2.29. The minimum Gasteiger partial charge on any atom is -0.470 e. The lowest BCUT2D eigenvalue weighted by molar-refractivity contribution is 0.289. The van der Waals surface area contributed by atoms with Crippen LogP contribution in [0, 0.1) is 6.92 Å². The van der Waals surface area contributed by atoms with Crippen molar-refractivity contribution in [2.75, 3.05) is 0 Å². The minimum atomic E-state index is 0.298. The maximum atomic E-state index is 5.92. The maximum Gasteiger partial charge on any atom is 0.240 e. The Labute approximate surface area is 146 Å². The van der Waals surface area contributed by atoms with E-state index < -0.39 is 0 Å². The molecule has 1 aromatic carbocycles. The molecular weight excluding hydrogens is 334 g/mol. The molecule has 9 nitrogen and oxygen atoms in total. The summed E-state index contributed by atoms with van der Waals surface area (Å²) in [5.74, 6) is 1.65. The van der Waals surface area contributed by atoms with Crippen molar-refractivity contribution >= 4 is 16.4 Å². The van der Waals surface area contributed by atoms with E-state index in [0.29, 0.717) is 35.4 Å². The number of benzene rings is 1. The molecule has 0 bridgehead atoms. The van der Waals surface area contributed by atoms with Gasteiger partial charge in [0.25, 0.3) is 0 Å². The molecule has 0 aliphatic heterocycles. The fraction of sp³-hybridized carbons (Fsp3) is 0.118. The van der Waals surface area contributed by atoms with Crippen LogP contribution >= 0.6 is 0 Å². The molecule has 1 N–H and O–H groups in total. The summed E-state index contributed by atoms with van der Waals surface area (Å²) in [4.78, 5) is 7.08. The Bertz CT molecular complexity index is 1210. The number of ether oxygens (including phenoxy) is 1. The summed E-state index contributed by atoms with van der Waals surface area (Å²) in [6.07, 6.45) is 3.39. The van der Waals surface area contributed by atoms with Crippen molar-refractivity contribution in [3.8, 4) is 17.4 Å². The fourth-order valence-corrected chi connectivity index (χ4v) is 2.80. The number of nitrogens with zero attached hydrogens (tertiary/aromatic N) is 6. The number of fused-ring (bicyclic) bond motifs is 3.